The third-order valence-corrected chi connectivity index (χ3v) is 4.33. The Morgan fingerprint density at radius 2 is 1.81 bits per heavy atom. The zero-order valence-corrected chi connectivity index (χ0v) is 15.2. The molecule has 0 unspecified atom stereocenters. The van der Waals surface area contributed by atoms with Crippen LogP contribution in [0.15, 0.2) is 51.4 Å². The summed E-state index contributed by atoms with van der Waals surface area (Å²) in [4.78, 5) is 0. The number of benzene rings is 2. The molecule has 0 aliphatic rings. The summed E-state index contributed by atoms with van der Waals surface area (Å²) in [6.45, 7) is 4.71. The van der Waals surface area contributed by atoms with Crippen molar-refractivity contribution in [1.82, 2.24) is 5.32 Å². The summed E-state index contributed by atoms with van der Waals surface area (Å²) < 4.78 is 7.93. The molecule has 0 aromatic heterocycles. The summed E-state index contributed by atoms with van der Waals surface area (Å²) in [5.74, 6) is 0.861. The molecular weight excluding hydrogens is 394 g/mol. The molecule has 2 rings (SSSR count). The number of nitrogens with one attached hydrogen (secondary N) is 1. The molecule has 0 bridgehead atoms. The quantitative estimate of drug-likeness (QED) is 0.650. The van der Waals surface area contributed by atoms with Crippen molar-refractivity contribution in [2.24, 2.45) is 0 Å². The molecule has 4 heteroatoms. The van der Waals surface area contributed by atoms with E-state index >= 15 is 0 Å². The lowest BCUT2D eigenvalue weighted by Crippen LogP contribution is -2.17. The molecule has 0 aliphatic heterocycles. The lowest BCUT2D eigenvalue weighted by Gasteiger charge is -2.12. The van der Waals surface area contributed by atoms with Crippen molar-refractivity contribution in [2.45, 2.75) is 20.0 Å². The molecule has 2 aromatic rings. The molecule has 0 saturated carbocycles. The van der Waals surface area contributed by atoms with Gasteiger partial charge in [-0.2, -0.15) is 0 Å². The molecule has 0 saturated heterocycles. The van der Waals surface area contributed by atoms with E-state index in [2.05, 4.69) is 68.4 Å². The van der Waals surface area contributed by atoms with Crippen LogP contribution in [0.2, 0.25) is 0 Å². The molecule has 0 atom stereocenters. The highest BCUT2D eigenvalue weighted by Crippen LogP contribution is 2.29. The first-order chi connectivity index (χ1) is 10.2. The van der Waals surface area contributed by atoms with Crippen molar-refractivity contribution in [3.63, 3.8) is 0 Å². The van der Waals surface area contributed by atoms with Crippen molar-refractivity contribution in [3.05, 3.63) is 62.5 Å². The number of likely N-dealkylation sites (N-methyl/N-ethyl adjacent to an activating group) is 1. The zero-order valence-electron chi connectivity index (χ0n) is 12.0. The van der Waals surface area contributed by atoms with E-state index in [-0.39, 0.29) is 0 Å². The maximum Gasteiger partial charge on any atom is 0.134 e. The van der Waals surface area contributed by atoms with Gasteiger partial charge in [-0.1, -0.05) is 47.1 Å². The Labute approximate surface area is 143 Å². The van der Waals surface area contributed by atoms with E-state index in [0.717, 1.165) is 34.2 Å². The van der Waals surface area contributed by atoms with Crippen molar-refractivity contribution >= 4 is 31.9 Å². The fraction of sp³-hybridized carbons (Fsp3) is 0.294. The molecule has 0 heterocycles. The van der Waals surface area contributed by atoms with Crippen LogP contribution in [0.4, 0.5) is 0 Å². The Hall–Kier alpha value is -0.840. The van der Waals surface area contributed by atoms with Crippen LogP contribution < -0.4 is 10.1 Å². The molecule has 112 valence electrons. The standard InChI is InChI=1S/C17H19Br2NO/c1-2-20-10-9-13-5-3-4-6-14(13)12-21-17-8-7-15(18)11-16(17)19/h3-8,11,20H,2,9-10,12H2,1H3. The van der Waals surface area contributed by atoms with Crippen LogP contribution in [0.5, 0.6) is 5.75 Å². The second-order valence-electron chi connectivity index (χ2n) is 4.74. The van der Waals surface area contributed by atoms with Crippen LogP contribution in [0.3, 0.4) is 0 Å². The minimum absolute atomic E-state index is 0.586. The highest BCUT2D eigenvalue weighted by Gasteiger charge is 2.05. The van der Waals surface area contributed by atoms with Gasteiger partial charge in [0.2, 0.25) is 0 Å². The fourth-order valence-corrected chi connectivity index (χ4v) is 3.25. The van der Waals surface area contributed by atoms with Gasteiger partial charge in [0.25, 0.3) is 0 Å². The lowest BCUT2D eigenvalue weighted by atomic mass is 10.1. The molecule has 0 aliphatic carbocycles. The predicted octanol–water partition coefficient (Wildman–Crippen LogP) is 4.94. The van der Waals surface area contributed by atoms with Crippen LogP contribution in [0.25, 0.3) is 0 Å². The number of hydrogen-bond acceptors (Lipinski definition) is 2. The maximum atomic E-state index is 5.94. The largest absolute Gasteiger partial charge is 0.488 e. The highest BCUT2D eigenvalue weighted by atomic mass is 79.9. The molecule has 0 fully saturated rings. The van der Waals surface area contributed by atoms with Crippen molar-refractivity contribution < 1.29 is 4.74 Å². The smallest absolute Gasteiger partial charge is 0.134 e. The van der Waals surface area contributed by atoms with Gasteiger partial charge in [0, 0.05) is 4.47 Å². The van der Waals surface area contributed by atoms with Gasteiger partial charge < -0.3 is 10.1 Å². The third-order valence-electron chi connectivity index (χ3n) is 3.22. The van der Waals surface area contributed by atoms with Crippen LogP contribution in [-0.4, -0.2) is 13.1 Å². The van der Waals surface area contributed by atoms with E-state index in [1.54, 1.807) is 0 Å². The van der Waals surface area contributed by atoms with Gasteiger partial charge in [-0.3, -0.25) is 0 Å². The topological polar surface area (TPSA) is 21.3 Å². The number of rotatable bonds is 7. The number of hydrogen-bond donors (Lipinski definition) is 1. The van der Waals surface area contributed by atoms with Gasteiger partial charge in [-0.15, -0.1) is 0 Å². The molecule has 0 amide bonds. The minimum atomic E-state index is 0.586. The van der Waals surface area contributed by atoms with Crippen LogP contribution in [-0.2, 0) is 13.0 Å². The van der Waals surface area contributed by atoms with Gasteiger partial charge in [0.15, 0.2) is 0 Å². The normalized spacial score (nSPS) is 10.6. The van der Waals surface area contributed by atoms with Gasteiger partial charge in [-0.05, 0) is 64.8 Å². The van der Waals surface area contributed by atoms with Gasteiger partial charge in [0.1, 0.15) is 12.4 Å². The first-order valence-electron chi connectivity index (χ1n) is 7.06. The Morgan fingerprint density at radius 1 is 1.05 bits per heavy atom. The fourth-order valence-electron chi connectivity index (χ4n) is 2.09. The summed E-state index contributed by atoms with van der Waals surface area (Å²) in [7, 11) is 0. The molecule has 2 aromatic carbocycles. The Kier molecular flexibility index (Phi) is 6.74. The molecular formula is C17H19Br2NO. The second-order valence-corrected chi connectivity index (χ2v) is 6.51. The summed E-state index contributed by atoms with van der Waals surface area (Å²) in [5.41, 5.74) is 2.58. The molecule has 21 heavy (non-hydrogen) atoms. The third kappa shape index (κ3) is 5.13. The van der Waals surface area contributed by atoms with E-state index < -0.39 is 0 Å². The predicted molar refractivity (Wildman–Crippen MR) is 94.9 cm³/mol. The minimum Gasteiger partial charge on any atom is -0.488 e. The van der Waals surface area contributed by atoms with Gasteiger partial charge >= 0.3 is 0 Å². The summed E-state index contributed by atoms with van der Waals surface area (Å²) in [6.07, 6.45) is 1.02. The van der Waals surface area contributed by atoms with Crippen LogP contribution in [0.1, 0.15) is 18.1 Å². The lowest BCUT2D eigenvalue weighted by molar-refractivity contribution is 0.303. The highest BCUT2D eigenvalue weighted by molar-refractivity contribution is 9.11. The summed E-state index contributed by atoms with van der Waals surface area (Å²) >= 11 is 6.97. The Bertz CT molecular complexity index is 587. The van der Waals surface area contributed by atoms with Crippen molar-refractivity contribution in [1.29, 1.82) is 0 Å². The van der Waals surface area contributed by atoms with Crippen LogP contribution in [0, 0.1) is 0 Å². The molecule has 0 spiro atoms. The van der Waals surface area contributed by atoms with E-state index in [9.17, 15) is 0 Å². The molecule has 0 radical (unpaired) electrons. The molecule has 1 N–H and O–H groups in total. The van der Waals surface area contributed by atoms with Gasteiger partial charge in [0.05, 0.1) is 4.47 Å². The van der Waals surface area contributed by atoms with E-state index in [1.165, 1.54) is 11.1 Å². The van der Waals surface area contributed by atoms with E-state index in [1.807, 2.05) is 18.2 Å². The maximum absolute atomic E-state index is 5.94. The monoisotopic (exact) mass is 411 g/mol. The van der Waals surface area contributed by atoms with Crippen molar-refractivity contribution in [3.8, 4) is 5.75 Å². The van der Waals surface area contributed by atoms with E-state index in [4.69, 9.17) is 4.74 Å². The number of halogens is 2. The SMILES string of the molecule is CCNCCc1ccccc1COc1ccc(Br)cc1Br. The second kappa shape index (κ2) is 8.57. The van der Waals surface area contributed by atoms with E-state index in [0.29, 0.717) is 6.61 Å². The van der Waals surface area contributed by atoms with Gasteiger partial charge in [-0.25, -0.2) is 0 Å². The van der Waals surface area contributed by atoms with Crippen molar-refractivity contribution in [2.75, 3.05) is 13.1 Å². The Morgan fingerprint density at radius 3 is 2.52 bits per heavy atom. The first kappa shape index (κ1) is 16.5. The average molecular weight is 413 g/mol. The summed E-state index contributed by atoms with van der Waals surface area (Å²) in [5, 5.41) is 3.36. The Balaban J connectivity index is 2.02. The van der Waals surface area contributed by atoms with Crippen LogP contribution >= 0.6 is 31.9 Å². The average Bonchev–Trinajstić information content (AvgIpc) is 2.48. The zero-order chi connectivity index (χ0) is 15.1. The number of ether oxygens (including phenoxy) is 1. The molecule has 2 nitrogen and oxygen atoms in total. The summed E-state index contributed by atoms with van der Waals surface area (Å²) in [6, 6.07) is 14.4. The first-order valence-corrected chi connectivity index (χ1v) is 8.64.